The lowest BCUT2D eigenvalue weighted by Gasteiger charge is -2.32. The van der Waals surface area contributed by atoms with Gasteiger partial charge in [-0.1, -0.05) is 24.8 Å². The third-order valence-electron chi connectivity index (χ3n) is 4.59. The van der Waals surface area contributed by atoms with E-state index in [9.17, 15) is 4.79 Å². The van der Waals surface area contributed by atoms with Gasteiger partial charge in [-0.25, -0.2) is 0 Å². The van der Waals surface area contributed by atoms with E-state index in [1.165, 1.54) is 0 Å². The average molecular weight is 315 g/mol. The summed E-state index contributed by atoms with van der Waals surface area (Å²) in [5.74, 6) is 0.713. The zero-order valence-electron chi connectivity index (χ0n) is 13.5. The summed E-state index contributed by atoms with van der Waals surface area (Å²) >= 11 is 0. The van der Waals surface area contributed by atoms with Crippen molar-refractivity contribution in [2.24, 2.45) is 0 Å². The van der Waals surface area contributed by atoms with E-state index < -0.39 is 0 Å². The molecule has 0 aliphatic carbocycles. The Balaban J connectivity index is 1.65. The Bertz CT molecular complexity index is 555. The topological polar surface area (TPSA) is 44.8 Å². The maximum absolute atomic E-state index is 12.8. The zero-order valence-corrected chi connectivity index (χ0v) is 13.5. The second-order valence-corrected chi connectivity index (χ2v) is 6.08. The van der Waals surface area contributed by atoms with Crippen LogP contribution in [0.15, 0.2) is 36.9 Å². The van der Waals surface area contributed by atoms with E-state index in [4.69, 9.17) is 4.74 Å². The van der Waals surface area contributed by atoms with E-state index in [0.29, 0.717) is 24.0 Å². The highest BCUT2D eigenvalue weighted by Gasteiger charge is 2.32. The first-order valence-electron chi connectivity index (χ1n) is 8.36. The van der Waals surface area contributed by atoms with Crippen LogP contribution >= 0.6 is 0 Å². The summed E-state index contributed by atoms with van der Waals surface area (Å²) in [7, 11) is 0. The highest BCUT2D eigenvalue weighted by molar-refractivity contribution is 5.97. The van der Waals surface area contributed by atoms with Crippen LogP contribution in [-0.2, 0) is 0 Å². The van der Waals surface area contributed by atoms with Gasteiger partial charge < -0.3 is 15.0 Å². The van der Waals surface area contributed by atoms with E-state index in [-0.39, 0.29) is 5.91 Å². The molecular formula is C18H25N3O2. The minimum absolute atomic E-state index is 0.0716. The monoisotopic (exact) mass is 315 g/mol. The molecule has 2 saturated heterocycles. The molecule has 0 spiro atoms. The van der Waals surface area contributed by atoms with Crippen LogP contribution in [0.4, 0.5) is 0 Å². The van der Waals surface area contributed by atoms with Crippen LogP contribution in [0.2, 0.25) is 0 Å². The van der Waals surface area contributed by atoms with Gasteiger partial charge in [0.15, 0.2) is 0 Å². The number of hydrogen-bond acceptors (Lipinski definition) is 4. The minimum Gasteiger partial charge on any atom is -0.489 e. The highest BCUT2D eigenvalue weighted by atomic mass is 16.5. The molecule has 2 fully saturated rings. The van der Waals surface area contributed by atoms with Gasteiger partial charge in [-0.3, -0.25) is 9.69 Å². The highest BCUT2D eigenvalue weighted by Crippen LogP contribution is 2.24. The van der Waals surface area contributed by atoms with Gasteiger partial charge in [-0.2, -0.15) is 0 Å². The van der Waals surface area contributed by atoms with Gasteiger partial charge in [0.1, 0.15) is 12.4 Å². The number of carbonyl (C=O) groups excluding carboxylic acids is 1. The number of rotatable bonds is 5. The second kappa shape index (κ2) is 7.62. The van der Waals surface area contributed by atoms with Gasteiger partial charge in [0, 0.05) is 45.3 Å². The molecule has 5 heteroatoms. The molecule has 23 heavy (non-hydrogen) atoms. The predicted octanol–water partition coefficient (Wildman–Crippen LogP) is 1.37. The molecule has 3 rings (SSSR count). The summed E-state index contributed by atoms with van der Waals surface area (Å²) in [6, 6.07) is 7.96. The van der Waals surface area contributed by atoms with Crippen LogP contribution in [0, 0.1) is 0 Å². The van der Waals surface area contributed by atoms with Crippen molar-refractivity contribution in [3.05, 3.63) is 42.5 Å². The average Bonchev–Trinajstić information content (AvgIpc) is 3.10. The molecule has 5 nitrogen and oxygen atoms in total. The summed E-state index contributed by atoms with van der Waals surface area (Å²) < 4.78 is 5.63. The molecule has 0 aromatic heterocycles. The molecule has 0 bridgehead atoms. The Hall–Kier alpha value is -1.85. The summed E-state index contributed by atoms with van der Waals surface area (Å²) in [6.45, 7) is 9.94. The molecule has 2 heterocycles. The minimum atomic E-state index is 0.0716. The Morgan fingerprint density at radius 1 is 1.30 bits per heavy atom. The number of piperazine rings is 1. The molecule has 0 saturated carbocycles. The Kier molecular flexibility index (Phi) is 5.31. The normalized spacial score (nSPS) is 22.1. The van der Waals surface area contributed by atoms with Crippen LogP contribution in [0.1, 0.15) is 16.8 Å². The molecule has 1 aromatic rings. The van der Waals surface area contributed by atoms with E-state index in [1.807, 2.05) is 29.2 Å². The molecule has 124 valence electrons. The summed E-state index contributed by atoms with van der Waals surface area (Å²) in [5.41, 5.74) is 0.648. The van der Waals surface area contributed by atoms with Gasteiger partial charge in [0.25, 0.3) is 5.91 Å². The standard InChI is InChI=1S/C18H25N3O2/c1-2-13-23-17-6-4-3-5-16(17)18(22)21-10-7-15(14-21)20-11-8-19-9-12-20/h2-6,15,19H,1,7-14H2. The van der Waals surface area contributed by atoms with E-state index in [1.54, 1.807) is 6.08 Å². The first-order valence-corrected chi connectivity index (χ1v) is 8.36. The molecule has 2 aliphatic heterocycles. The molecule has 0 radical (unpaired) electrons. The van der Waals surface area contributed by atoms with Gasteiger partial charge in [-0.05, 0) is 18.6 Å². The Labute approximate surface area is 137 Å². The molecule has 1 N–H and O–H groups in total. The third kappa shape index (κ3) is 3.74. The number of carbonyl (C=O) groups is 1. The number of benzene rings is 1. The fourth-order valence-electron chi connectivity index (χ4n) is 3.36. The number of nitrogens with one attached hydrogen (secondary N) is 1. The SMILES string of the molecule is C=CCOc1ccccc1C(=O)N1CCC(N2CCNCC2)C1. The van der Waals surface area contributed by atoms with Gasteiger partial charge in [-0.15, -0.1) is 0 Å². The Morgan fingerprint density at radius 2 is 2.09 bits per heavy atom. The molecular weight excluding hydrogens is 290 g/mol. The number of nitrogens with zero attached hydrogens (tertiary/aromatic N) is 2. The van der Waals surface area contributed by atoms with Crippen molar-refractivity contribution in [1.82, 2.24) is 15.1 Å². The van der Waals surface area contributed by atoms with Crippen LogP contribution in [0.5, 0.6) is 5.75 Å². The summed E-state index contributed by atoms with van der Waals surface area (Å²) in [6.07, 6.45) is 2.75. The first kappa shape index (κ1) is 16.0. The molecule has 1 amide bonds. The van der Waals surface area contributed by atoms with Crippen LogP contribution in [0.25, 0.3) is 0 Å². The molecule has 2 aliphatic rings. The summed E-state index contributed by atoms with van der Waals surface area (Å²) in [5, 5.41) is 3.38. The first-order chi connectivity index (χ1) is 11.3. The van der Waals surface area contributed by atoms with Crippen LogP contribution in [-0.4, -0.2) is 67.6 Å². The van der Waals surface area contributed by atoms with Crippen molar-refractivity contribution < 1.29 is 9.53 Å². The molecule has 1 unspecified atom stereocenters. The fraction of sp³-hybridized carbons (Fsp3) is 0.500. The fourth-order valence-corrected chi connectivity index (χ4v) is 3.36. The number of para-hydroxylation sites is 1. The van der Waals surface area contributed by atoms with E-state index in [0.717, 1.165) is 45.7 Å². The number of hydrogen-bond donors (Lipinski definition) is 1. The number of ether oxygens (including phenoxy) is 1. The third-order valence-corrected chi connectivity index (χ3v) is 4.59. The quantitative estimate of drug-likeness (QED) is 0.834. The second-order valence-electron chi connectivity index (χ2n) is 6.08. The number of likely N-dealkylation sites (tertiary alicyclic amines) is 1. The molecule has 1 aromatic carbocycles. The van der Waals surface area contributed by atoms with Crippen molar-refractivity contribution in [2.45, 2.75) is 12.5 Å². The number of amides is 1. The zero-order chi connectivity index (χ0) is 16.1. The predicted molar refractivity (Wildman–Crippen MR) is 90.9 cm³/mol. The van der Waals surface area contributed by atoms with Crippen LogP contribution in [0.3, 0.4) is 0 Å². The lowest BCUT2D eigenvalue weighted by molar-refractivity contribution is 0.0769. The summed E-state index contributed by atoms with van der Waals surface area (Å²) in [4.78, 5) is 17.3. The van der Waals surface area contributed by atoms with Crippen molar-refractivity contribution in [3.8, 4) is 5.75 Å². The van der Waals surface area contributed by atoms with Gasteiger partial charge >= 0.3 is 0 Å². The lowest BCUT2D eigenvalue weighted by atomic mass is 10.1. The van der Waals surface area contributed by atoms with Crippen molar-refractivity contribution in [1.29, 1.82) is 0 Å². The largest absolute Gasteiger partial charge is 0.489 e. The smallest absolute Gasteiger partial charge is 0.257 e. The Morgan fingerprint density at radius 3 is 2.87 bits per heavy atom. The van der Waals surface area contributed by atoms with Gasteiger partial charge in [0.2, 0.25) is 0 Å². The maximum Gasteiger partial charge on any atom is 0.257 e. The van der Waals surface area contributed by atoms with E-state index >= 15 is 0 Å². The lowest BCUT2D eigenvalue weighted by Crippen LogP contribution is -2.49. The van der Waals surface area contributed by atoms with Crippen molar-refractivity contribution in [2.75, 3.05) is 45.9 Å². The van der Waals surface area contributed by atoms with Crippen molar-refractivity contribution >= 4 is 5.91 Å². The van der Waals surface area contributed by atoms with Gasteiger partial charge in [0.05, 0.1) is 5.56 Å². The van der Waals surface area contributed by atoms with Crippen LogP contribution < -0.4 is 10.1 Å². The van der Waals surface area contributed by atoms with E-state index in [2.05, 4.69) is 16.8 Å². The molecule has 1 atom stereocenters. The van der Waals surface area contributed by atoms with Crippen molar-refractivity contribution in [3.63, 3.8) is 0 Å². The maximum atomic E-state index is 12.8.